The summed E-state index contributed by atoms with van der Waals surface area (Å²) in [5.74, 6) is 0.297. The predicted molar refractivity (Wildman–Crippen MR) is 83.5 cm³/mol. The van der Waals surface area contributed by atoms with Crippen molar-refractivity contribution in [2.45, 2.75) is 0 Å². The summed E-state index contributed by atoms with van der Waals surface area (Å²) in [5, 5.41) is 34.2. The third kappa shape index (κ3) is 2.46. The number of fused-ring (bicyclic) bond motifs is 1. The van der Waals surface area contributed by atoms with Gasteiger partial charge in [-0.2, -0.15) is 5.26 Å². The van der Waals surface area contributed by atoms with Crippen LogP contribution in [-0.2, 0) is 0 Å². The molecule has 0 saturated carbocycles. The van der Waals surface area contributed by atoms with Crippen molar-refractivity contribution in [2.24, 2.45) is 0 Å². The van der Waals surface area contributed by atoms with Crippen LogP contribution in [0.5, 0.6) is 0 Å². The lowest BCUT2D eigenvalue weighted by molar-refractivity contribution is -0.422. The number of nitro groups is 2. The number of nitro benzene ring substituents is 1. The summed E-state index contributed by atoms with van der Waals surface area (Å²) in [6.07, 6.45) is 2.61. The first-order valence-corrected chi connectivity index (χ1v) is 6.99. The molecule has 2 heterocycles. The molecule has 0 aliphatic carbocycles. The van der Waals surface area contributed by atoms with Gasteiger partial charge in [0.15, 0.2) is 5.82 Å². The van der Waals surface area contributed by atoms with Gasteiger partial charge in [0, 0.05) is 36.9 Å². The van der Waals surface area contributed by atoms with Crippen molar-refractivity contribution in [3.63, 3.8) is 0 Å². The lowest BCUT2D eigenvalue weighted by Crippen LogP contribution is -2.27. The topological polar surface area (TPSA) is 125 Å². The molecular formula is C15H11N5O4. The van der Waals surface area contributed by atoms with Crippen LogP contribution < -0.4 is 5.32 Å². The Morgan fingerprint density at radius 2 is 2.08 bits per heavy atom. The zero-order chi connectivity index (χ0) is 17.3. The molecule has 3 rings (SSSR count). The highest BCUT2D eigenvalue weighted by Crippen LogP contribution is 2.36. The predicted octanol–water partition coefficient (Wildman–Crippen LogP) is 1.75. The highest BCUT2D eigenvalue weighted by atomic mass is 16.6. The molecule has 1 aromatic carbocycles. The van der Waals surface area contributed by atoms with Crippen LogP contribution in [0.4, 0.5) is 5.69 Å². The van der Waals surface area contributed by atoms with Crippen molar-refractivity contribution in [3.8, 4) is 6.07 Å². The first kappa shape index (κ1) is 15.2. The van der Waals surface area contributed by atoms with Gasteiger partial charge in [0.05, 0.1) is 27.2 Å². The van der Waals surface area contributed by atoms with E-state index in [1.807, 2.05) is 0 Å². The van der Waals surface area contributed by atoms with Crippen LogP contribution in [0, 0.1) is 31.6 Å². The summed E-state index contributed by atoms with van der Waals surface area (Å²) < 4.78 is 0. The maximum absolute atomic E-state index is 11.4. The molecule has 0 radical (unpaired) electrons. The van der Waals surface area contributed by atoms with Gasteiger partial charge in [-0.05, 0) is 6.08 Å². The average Bonchev–Trinajstić information content (AvgIpc) is 3.03. The van der Waals surface area contributed by atoms with Crippen molar-refractivity contribution in [1.29, 1.82) is 5.26 Å². The second-order valence-electron chi connectivity index (χ2n) is 5.10. The molecule has 0 unspecified atom stereocenters. The normalized spacial score (nSPS) is 17.9. The molecule has 1 aromatic rings. The fraction of sp³-hybridized carbons (Fsp3) is 0.133. The van der Waals surface area contributed by atoms with Gasteiger partial charge < -0.3 is 10.2 Å². The van der Waals surface area contributed by atoms with Crippen molar-refractivity contribution in [1.82, 2.24) is 10.2 Å². The molecule has 0 amide bonds. The molecule has 0 spiro atoms. The average molecular weight is 325 g/mol. The van der Waals surface area contributed by atoms with Crippen LogP contribution in [-0.4, -0.2) is 27.8 Å². The number of rotatable bonds is 3. The number of allylic oxidation sites excluding steroid dienone is 2. The van der Waals surface area contributed by atoms with E-state index in [1.165, 1.54) is 18.2 Å². The molecule has 24 heavy (non-hydrogen) atoms. The van der Waals surface area contributed by atoms with Crippen LogP contribution >= 0.6 is 0 Å². The van der Waals surface area contributed by atoms with Gasteiger partial charge in [-0.25, -0.2) is 0 Å². The number of hydrogen-bond donors (Lipinski definition) is 1. The van der Waals surface area contributed by atoms with Gasteiger partial charge in [0.25, 0.3) is 5.69 Å². The fourth-order valence-corrected chi connectivity index (χ4v) is 2.77. The second-order valence-corrected chi connectivity index (χ2v) is 5.10. The molecule has 9 heteroatoms. The number of nitrogens with zero attached hydrogens (tertiary/aromatic N) is 4. The highest BCUT2D eigenvalue weighted by molar-refractivity contribution is 5.74. The van der Waals surface area contributed by atoms with Gasteiger partial charge in [-0.15, -0.1) is 0 Å². The Labute approximate surface area is 136 Å². The molecule has 0 atom stereocenters. The monoisotopic (exact) mass is 325 g/mol. The van der Waals surface area contributed by atoms with E-state index in [-0.39, 0.29) is 17.0 Å². The molecule has 1 saturated heterocycles. The van der Waals surface area contributed by atoms with Crippen LogP contribution in [0.2, 0.25) is 0 Å². The van der Waals surface area contributed by atoms with E-state index in [2.05, 4.69) is 5.32 Å². The van der Waals surface area contributed by atoms with E-state index in [0.717, 1.165) is 6.08 Å². The summed E-state index contributed by atoms with van der Waals surface area (Å²) in [4.78, 5) is 23.0. The fourth-order valence-electron chi connectivity index (χ4n) is 2.77. The molecule has 1 N–H and O–H groups in total. The summed E-state index contributed by atoms with van der Waals surface area (Å²) in [5.41, 5.74) is 1.03. The standard InChI is InChI=1S/C15H11N5O4/c16-5-4-11-9-13(10-2-1-3-12(8-10)19(21)22)18-7-6-17-15(18)14(11)20(23)24/h1-4,8-9,17H,6-7H2/b11-4-. The maximum Gasteiger partial charge on any atom is 0.317 e. The van der Waals surface area contributed by atoms with E-state index in [1.54, 1.807) is 23.1 Å². The van der Waals surface area contributed by atoms with Crippen molar-refractivity contribution in [2.75, 3.05) is 13.1 Å². The molecule has 120 valence electrons. The molecule has 9 nitrogen and oxygen atoms in total. The van der Waals surface area contributed by atoms with Gasteiger partial charge in [-0.3, -0.25) is 20.2 Å². The Kier molecular flexibility index (Phi) is 3.71. The van der Waals surface area contributed by atoms with Crippen LogP contribution in [0.25, 0.3) is 5.70 Å². The Morgan fingerprint density at radius 3 is 2.75 bits per heavy atom. The lowest BCUT2D eigenvalue weighted by Gasteiger charge is -2.26. The number of hydrogen-bond acceptors (Lipinski definition) is 7. The van der Waals surface area contributed by atoms with E-state index in [0.29, 0.717) is 30.2 Å². The quantitative estimate of drug-likeness (QED) is 0.509. The zero-order valence-corrected chi connectivity index (χ0v) is 12.3. The van der Waals surface area contributed by atoms with Crippen molar-refractivity contribution >= 4 is 11.4 Å². The first-order valence-electron chi connectivity index (χ1n) is 6.99. The second kappa shape index (κ2) is 5.85. The molecule has 1 fully saturated rings. The van der Waals surface area contributed by atoms with Crippen molar-refractivity contribution < 1.29 is 9.85 Å². The lowest BCUT2D eigenvalue weighted by atomic mass is 10.0. The summed E-state index contributed by atoms with van der Waals surface area (Å²) in [7, 11) is 0. The van der Waals surface area contributed by atoms with Crippen molar-refractivity contribution in [3.05, 3.63) is 79.3 Å². The Balaban J connectivity index is 2.16. The number of non-ortho nitro benzene ring substituents is 1. The molecule has 0 aromatic heterocycles. The maximum atomic E-state index is 11.4. The van der Waals surface area contributed by atoms with Crippen LogP contribution in [0.15, 0.2) is 53.5 Å². The number of nitriles is 1. The molecule has 0 bridgehead atoms. The Bertz CT molecular complexity index is 878. The largest absolute Gasteiger partial charge is 0.364 e. The van der Waals surface area contributed by atoms with E-state index in [4.69, 9.17) is 5.26 Å². The van der Waals surface area contributed by atoms with Gasteiger partial charge >= 0.3 is 5.70 Å². The van der Waals surface area contributed by atoms with E-state index >= 15 is 0 Å². The Hall–Kier alpha value is -3.67. The van der Waals surface area contributed by atoms with Gasteiger partial charge in [0.2, 0.25) is 0 Å². The van der Waals surface area contributed by atoms with Crippen LogP contribution in [0.1, 0.15) is 5.56 Å². The SMILES string of the molecule is N#C/C=C1/C=C(c2cccc([N+](=O)[O-])c2)N2CCNC2=C1[N+](=O)[O-]. The van der Waals surface area contributed by atoms with E-state index in [9.17, 15) is 20.2 Å². The minimum Gasteiger partial charge on any atom is -0.364 e. The van der Waals surface area contributed by atoms with Crippen LogP contribution in [0.3, 0.4) is 0 Å². The third-order valence-corrected chi connectivity index (χ3v) is 3.73. The minimum absolute atomic E-state index is 0.0722. The van der Waals surface area contributed by atoms with Gasteiger partial charge in [-0.1, -0.05) is 12.1 Å². The minimum atomic E-state index is -0.537. The smallest absolute Gasteiger partial charge is 0.317 e. The molecule has 2 aliphatic heterocycles. The first-order chi connectivity index (χ1) is 11.5. The molecule has 2 aliphatic rings. The third-order valence-electron chi connectivity index (χ3n) is 3.73. The summed E-state index contributed by atoms with van der Waals surface area (Å²) >= 11 is 0. The summed E-state index contributed by atoms with van der Waals surface area (Å²) in [6, 6.07) is 7.83. The van der Waals surface area contributed by atoms with E-state index < -0.39 is 9.85 Å². The summed E-state index contributed by atoms with van der Waals surface area (Å²) in [6.45, 7) is 0.986. The Morgan fingerprint density at radius 1 is 1.29 bits per heavy atom. The highest BCUT2D eigenvalue weighted by Gasteiger charge is 2.36. The zero-order valence-electron chi connectivity index (χ0n) is 12.3. The van der Waals surface area contributed by atoms with Gasteiger partial charge in [0.1, 0.15) is 0 Å². The number of nitrogens with one attached hydrogen (secondary N) is 1. The molecular weight excluding hydrogens is 314 g/mol. The number of benzene rings is 1.